The van der Waals surface area contributed by atoms with E-state index in [4.69, 9.17) is 0 Å². The van der Waals surface area contributed by atoms with E-state index >= 15 is 0 Å². The molecule has 2 heterocycles. The fraction of sp³-hybridized carbons (Fsp3) is 0.522. The summed E-state index contributed by atoms with van der Waals surface area (Å²) in [4.78, 5) is 11.8. The van der Waals surface area contributed by atoms with E-state index < -0.39 is 16.0 Å². The van der Waals surface area contributed by atoms with Gasteiger partial charge in [-0.2, -0.15) is 4.31 Å². The summed E-state index contributed by atoms with van der Waals surface area (Å²) in [5.41, 5.74) is 5.77. The molecule has 1 saturated heterocycles. The van der Waals surface area contributed by atoms with Gasteiger partial charge in [-0.25, -0.2) is 8.42 Å². The van der Waals surface area contributed by atoms with Crippen molar-refractivity contribution in [3.05, 3.63) is 52.3 Å². The Bertz CT molecular complexity index is 1030. The third kappa shape index (κ3) is 4.05. The van der Waals surface area contributed by atoms with Crippen molar-refractivity contribution in [3.63, 3.8) is 0 Å². The molecular formula is C23H30N2O4S. The summed E-state index contributed by atoms with van der Waals surface area (Å²) in [6, 6.07) is 7.23. The molecule has 0 radical (unpaired) electrons. The van der Waals surface area contributed by atoms with E-state index in [0.29, 0.717) is 24.4 Å². The van der Waals surface area contributed by atoms with E-state index in [0.717, 1.165) is 49.8 Å². The average Bonchev–Trinajstić information content (AvgIpc) is 3.25. The third-order valence-electron chi connectivity index (χ3n) is 6.52. The Morgan fingerprint density at radius 2 is 1.67 bits per heavy atom. The van der Waals surface area contributed by atoms with Gasteiger partial charge >= 0.3 is 5.97 Å². The van der Waals surface area contributed by atoms with Crippen LogP contribution in [0.4, 0.5) is 0 Å². The van der Waals surface area contributed by atoms with Crippen molar-refractivity contribution in [1.29, 1.82) is 0 Å². The van der Waals surface area contributed by atoms with E-state index in [-0.39, 0.29) is 6.54 Å². The lowest BCUT2D eigenvalue weighted by Gasteiger charge is -2.15. The number of aromatic nitrogens is 1. The van der Waals surface area contributed by atoms with Crippen molar-refractivity contribution >= 4 is 16.0 Å². The Morgan fingerprint density at radius 1 is 1.00 bits per heavy atom. The van der Waals surface area contributed by atoms with E-state index in [9.17, 15) is 18.3 Å². The first-order valence-electron chi connectivity index (χ1n) is 10.9. The van der Waals surface area contributed by atoms with Crippen LogP contribution in [0.5, 0.6) is 0 Å². The van der Waals surface area contributed by atoms with Gasteiger partial charge in [0.15, 0.2) is 0 Å². The molecule has 6 nitrogen and oxygen atoms in total. The van der Waals surface area contributed by atoms with Gasteiger partial charge in [-0.15, -0.1) is 0 Å². The monoisotopic (exact) mass is 430 g/mol. The second-order valence-corrected chi connectivity index (χ2v) is 10.4. The van der Waals surface area contributed by atoms with Crippen LogP contribution in [0.1, 0.15) is 60.2 Å². The molecule has 7 heteroatoms. The Balaban J connectivity index is 1.63. The molecule has 162 valence electrons. The van der Waals surface area contributed by atoms with Crippen LogP contribution in [-0.2, 0) is 40.6 Å². The fourth-order valence-electron chi connectivity index (χ4n) is 4.92. The molecule has 0 amide bonds. The summed E-state index contributed by atoms with van der Waals surface area (Å²) < 4.78 is 29.1. The number of benzene rings is 1. The Labute approximate surface area is 178 Å². The highest BCUT2D eigenvalue weighted by molar-refractivity contribution is 7.89. The van der Waals surface area contributed by atoms with E-state index in [2.05, 4.69) is 0 Å². The van der Waals surface area contributed by atoms with Gasteiger partial charge in [0.2, 0.25) is 10.0 Å². The van der Waals surface area contributed by atoms with Crippen molar-refractivity contribution in [2.24, 2.45) is 0 Å². The van der Waals surface area contributed by atoms with Crippen molar-refractivity contribution < 1.29 is 18.3 Å². The average molecular weight is 431 g/mol. The van der Waals surface area contributed by atoms with Gasteiger partial charge < -0.3 is 9.67 Å². The lowest BCUT2D eigenvalue weighted by molar-refractivity contribution is -0.137. The number of hydrogen-bond donors (Lipinski definition) is 1. The van der Waals surface area contributed by atoms with E-state index in [1.807, 2.05) is 23.6 Å². The highest BCUT2D eigenvalue weighted by Crippen LogP contribution is 2.31. The molecule has 4 rings (SSSR count). The zero-order valence-electron chi connectivity index (χ0n) is 17.6. The maximum Gasteiger partial charge on any atom is 0.323 e. The molecule has 0 unspecified atom stereocenters. The van der Waals surface area contributed by atoms with Crippen LogP contribution in [0.2, 0.25) is 0 Å². The highest BCUT2D eigenvalue weighted by Gasteiger charge is 2.27. The smallest absolute Gasteiger partial charge is 0.323 e. The van der Waals surface area contributed by atoms with E-state index in [1.54, 1.807) is 16.4 Å². The van der Waals surface area contributed by atoms with Gasteiger partial charge in [-0.3, -0.25) is 4.79 Å². The Hall–Kier alpha value is -2.12. The van der Waals surface area contributed by atoms with Gasteiger partial charge in [0.05, 0.1) is 4.90 Å². The fourth-order valence-corrected chi connectivity index (χ4v) is 6.43. The lowest BCUT2D eigenvalue weighted by Crippen LogP contribution is -2.27. The van der Waals surface area contributed by atoms with Gasteiger partial charge in [-0.1, -0.05) is 18.6 Å². The van der Waals surface area contributed by atoms with E-state index in [1.165, 1.54) is 23.2 Å². The largest absolute Gasteiger partial charge is 0.480 e. The number of nitrogens with zero attached hydrogens (tertiary/aromatic N) is 2. The summed E-state index contributed by atoms with van der Waals surface area (Å²) in [5.74, 6) is -0.817. The zero-order valence-corrected chi connectivity index (χ0v) is 18.4. The van der Waals surface area contributed by atoms with Crippen LogP contribution in [0.3, 0.4) is 0 Å². The molecule has 1 aliphatic carbocycles. The van der Waals surface area contributed by atoms with Gasteiger partial charge in [-0.05, 0) is 80.7 Å². The molecule has 30 heavy (non-hydrogen) atoms. The number of carboxylic acid groups (broad SMARTS) is 1. The molecule has 0 atom stereocenters. The molecule has 1 aromatic heterocycles. The molecule has 1 N–H and O–H groups in total. The standard InChI is InChI=1S/C23H30N2O4S/c1-17-21(20-7-3-2-4-8-22(20)25(17)16-23(26)27)15-18-9-11-19(12-10-18)30(28,29)24-13-5-6-14-24/h9-12H,2-8,13-16H2,1H3,(H,26,27). The van der Waals surface area contributed by atoms with Gasteiger partial charge in [0.1, 0.15) is 6.54 Å². The molecule has 1 aromatic carbocycles. The Kier molecular flexibility index (Phi) is 6.02. The third-order valence-corrected chi connectivity index (χ3v) is 8.43. The maximum absolute atomic E-state index is 12.8. The minimum atomic E-state index is -3.40. The van der Waals surface area contributed by atoms with Gasteiger partial charge in [0.25, 0.3) is 0 Å². The summed E-state index contributed by atoms with van der Waals surface area (Å²) in [7, 11) is -3.40. The van der Waals surface area contributed by atoms with Crippen LogP contribution in [0.25, 0.3) is 0 Å². The topological polar surface area (TPSA) is 79.6 Å². The minimum absolute atomic E-state index is 0.00117. The number of carboxylic acids is 1. The summed E-state index contributed by atoms with van der Waals surface area (Å²) in [6.45, 7) is 3.22. The van der Waals surface area contributed by atoms with Crippen LogP contribution in [0, 0.1) is 6.92 Å². The number of rotatable bonds is 6. The second-order valence-electron chi connectivity index (χ2n) is 8.46. The molecule has 0 saturated carbocycles. The quantitative estimate of drug-likeness (QED) is 0.711. The molecule has 0 bridgehead atoms. The first-order valence-corrected chi connectivity index (χ1v) is 12.3. The summed E-state index contributed by atoms with van der Waals surface area (Å²) >= 11 is 0. The minimum Gasteiger partial charge on any atom is -0.480 e. The normalized spacial score (nSPS) is 17.6. The predicted octanol–water partition coefficient (Wildman–Crippen LogP) is 3.53. The second kappa shape index (κ2) is 8.55. The Morgan fingerprint density at radius 3 is 2.33 bits per heavy atom. The summed E-state index contributed by atoms with van der Waals surface area (Å²) in [6.07, 6.45) is 7.86. The first-order chi connectivity index (χ1) is 14.4. The molecule has 2 aliphatic rings. The lowest BCUT2D eigenvalue weighted by atomic mass is 9.98. The number of aliphatic carboxylic acids is 1. The number of hydrogen-bond acceptors (Lipinski definition) is 3. The van der Waals surface area contributed by atoms with Crippen LogP contribution in [-0.4, -0.2) is 41.5 Å². The molecule has 1 fully saturated rings. The number of fused-ring (bicyclic) bond motifs is 1. The molecule has 2 aromatic rings. The van der Waals surface area contributed by atoms with Crippen molar-refractivity contribution in [2.75, 3.05) is 13.1 Å². The molecule has 1 aliphatic heterocycles. The number of carbonyl (C=O) groups is 1. The highest BCUT2D eigenvalue weighted by atomic mass is 32.2. The molecular weight excluding hydrogens is 400 g/mol. The van der Waals surface area contributed by atoms with Crippen molar-refractivity contribution in [1.82, 2.24) is 8.87 Å². The first kappa shape index (κ1) is 21.1. The van der Waals surface area contributed by atoms with Crippen LogP contribution < -0.4 is 0 Å². The zero-order chi connectivity index (χ0) is 21.3. The SMILES string of the molecule is Cc1c(Cc2ccc(S(=O)(=O)N3CCCC3)cc2)c2c(n1CC(=O)O)CCCCC2. The van der Waals surface area contributed by atoms with Crippen LogP contribution >= 0.6 is 0 Å². The number of sulfonamides is 1. The van der Waals surface area contributed by atoms with Crippen molar-refractivity contribution in [2.45, 2.75) is 69.7 Å². The summed E-state index contributed by atoms with van der Waals surface area (Å²) in [5, 5.41) is 9.38. The predicted molar refractivity (Wildman–Crippen MR) is 115 cm³/mol. The van der Waals surface area contributed by atoms with Crippen LogP contribution in [0.15, 0.2) is 29.2 Å². The van der Waals surface area contributed by atoms with Crippen molar-refractivity contribution in [3.8, 4) is 0 Å². The maximum atomic E-state index is 12.8. The van der Waals surface area contributed by atoms with Gasteiger partial charge in [0, 0.05) is 24.5 Å². The molecule has 0 spiro atoms.